The number of hydrogen-bond donors (Lipinski definition) is 1. The number of aromatic nitrogens is 1. The molecule has 1 N–H and O–H groups in total. The molecule has 0 spiro atoms. The highest BCUT2D eigenvalue weighted by Crippen LogP contribution is 2.29. The van der Waals surface area contributed by atoms with E-state index in [0.29, 0.717) is 5.69 Å². The molecule has 4 nitrogen and oxygen atoms in total. The highest BCUT2D eigenvalue weighted by Gasteiger charge is 2.32. The quantitative estimate of drug-likeness (QED) is 0.919. The fraction of sp³-hybridized carbons (Fsp3) is 0.375. The van der Waals surface area contributed by atoms with Crippen LogP contribution in [0.1, 0.15) is 30.7 Å². The summed E-state index contributed by atoms with van der Waals surface area (Å²) in [6.45, 7) is 6.17. The van der Waals surface area contributed by atoms with Gasteiger partial charge in [-0.25, -0.2) is 4.98 Å². The second kappa shape index (κ2) is 5.85. The van der Waals surface area contributed by atoms with Crippen molar-refractivity contribution in [3.05, 3.63) is 46.5 Å². The molecule has 112 valence electrons. The Labute approximate surface area is 129 Å². The number of thiazole rings is 1. The minimum Gasteiger partial charge on any atom is -0.481 e. The second-order valence-corrected chi connectivity index (χ2v) is 6.63. The third kappa shape index (κ3) is 3.42. The van der Waals surface area contributed by atoms with Gasteiger partial charge in [0.2, 0.25) is 0 Å². The topological polar surface area (TPSA) is 53.4 Å². The molecule has 0 bridgehead atoms. The molecule has 0 amide bonds. The highest BCUT2D eigenvalue weighted by atomic mass is 32.1. The van der Waals surface area contributed by atoms with Crippen LogP contribution in [-0.2, 0) is 16.8 Å². The summed E-state index contributed by atoms with van der Waals surface area (Å²) in [7, 11) is 1.97. The maximum atomic E-state index is 11.3. The largest absolute Gasteiger partial charge is 0.481 e. The summed E-state index contributed by atoms with van der Waals surface area (Å²) in [5, 5.41) is 11.9. The highest BCUT2D eigenvalue weighted by molar-refractivity contribution is 7.13. The van der Waals surface area contributed by atoms with E-state index in [9.17, 15) is 9.90 Å². The van der Waals surface area contributed by atoms with Gasteiger partial charge in [0.15, 0.2) is 5.13 Å². The SMILES string of the molecule is Cc1cccc(CN(C)c2nc(C(C)(C)C(=O)O)cs2)c1. The molecule has 1 aromatic carbocycles. The minimum absolute atomic E-state index is 0.603. The van der Waals surface area contributed by atoms with E-state index < -0.39 is 11.4 Å². The number of nitrogens with zero attached hydrogens (tertiary/aromatic N) is 2. The molecule has 0 aliphatic heterocycles. The molecule has 0 unspecified atom stereocenters. The van der Waals surface area contributed by atoms with Crippen LogP contribution >= 0.6 is 11.3 Å². The van der Waals surface area contributed by atoms with Gasteiger partial charge < -0.3 is 10.0 Å². The Morgan fingerprint density at radius 3 is 2.76 bits per heavy atom. The monoisotopic (exact) mass is 304 g/mol. The average molecular weight is 304 g/mol. The van der Waals surface area contributed by atoms with Crippen molar-refractivity contribution in [1.29, 1.82) is 0 Å². The van der Waals surface area contributed by atoms with Crippen LogP contribution in [0.5, 0.6) is 0 Å². The molecule has 0 fully saturated rings. The molecular formula is C16H20N2O2S. The van der Waals surface area contributed by atoms with E-state index in [1.165, 1.54) is 22.5 Å². The summed E-state index contributed by atoms with van der Waals surface area (Å²) in [6.07, 6.45) is 0. The van der Waals surface area contributed by atoms with Crippen molar-refractivity contribution >= 4 is 22.4 Å². The Kier molecular flexibility index (Phi) is 4.32. The summed E-state index contributed by atoms with van der Waals surface area (Å²) in [6, 6.07) is 8.34. The number of hydrogen-bond acceptors (Lipinski definition) is 4. The molecule has 1 heterocycles. The summed E-state index contributed by atoms with van der Waals surface area (Å²) in [4.78, 5) is 17.8. The van der Waals surface area contributed by atoms with Gasteiger partial charge in [0, 0.05) is 19.0 Å². The van der Waals surface area contributed by atoms with Gasteiger partial charge in [-0.2, -0.15) is 0 Å². The number of rotatable bonds is 5. The number of anilines is 1. The van der Waals surface area contributed by atoms with Gasteiger partial charge in [0.1, 0.15) is 5.41 Å². The molecule has 0 saturated heterocycles. The van der Waals surface area contributed by atoms with Crippen molar-refractivity contribution in [2.75, 3.05) is 11.9 Å². The van der Waals surface area contributed by atoms with Crippen LogP contribution in [0.25, 0.3) is 0 Å². The van der Waals surface area contributed by atoms with E-state index in [-0.39, 0.29) is 0 Å². The molecule has 0 aliphatic rings. The van der Waals surface area contributed by atoms with Crippen molar-refractivity contribution in [1.82, 2.24) is 4.98 Å². The van der Waals surface area contributed by atoms with E-state index in [4.69, 9.17) is 0 Å². The van der Waals surface area contributed by atoms with Gasteiger partial charge in [-0.3, -0.25) is 4.79 Å². The van der Waals surface area contributed by atoms with Gasteiger partial charge in [-0.1, -0.05) is 29.8 Å². The van der Waals surface area contributed by atoms with E-state index in [1.54, 1.807) is 13.8 Å². The lowest BCUT2D eigenvalue weighted by Crippen LogP contribution is -2.29. The zero-order chi connectivity index (χ0) is 15.6. The molecule has 0 radical (unpaired) electrons. The third-order valence-corrected chi connectivity index (χ3v) is 4.45. The van der Waals surface area contributed by atoms with E-state index >= 15 is 0 Å². The molecule has 1 aromatic heterocycles. The Morgan fingerprint density at radius 1 is 1.43 bits per heavy atom. The van der Waals surface area contributed by atoms with Crippen molar-refractivity contribution in [2.24, 2.45) is 0 Å². The smallest absolute Gasteiger partial charge is 0.315 e. The van der Waals surface area contributed by atoms with Crippen LogP contribution < -0.4 is 4.90 Å². The standard InChI is InChI=1S/C16H20N2O2S/c1-11-6-5-7-12(8-11)9-18(4)15-17-13(10-21-15)16(2,3)14(19)20/h5-8,10H,9H2,1-4H3,(H,19,20). The Balaban J connectivity index is 2.16. The van der Waals surface area contributed by atoms with Crippen molar-refractivity contribution in [3.63, 3.8) is 0 Å². The molecular weight excluding hydrogens is 284 g/mol. The second-order valence-electron chi connectivity index (χ2n) is 5.79. The van der Waals surface area contributed by atoms with Crippen LogP contribution in [0.4, 0.5) is 5.13 Å². The molecule has 2 rings (SSSR count). The molecule has 5 heteroatoms. The summed E-state index contributed by atoms with van der Waals surface area (Å²) in [5.41, 5.74) is 2.09. The summed E-state index contributed by atoms with van der Waals surface area (Å²) in [5.74, 6) is -0.860. The number of aryl methyl sites for hydroxylation is 1. The lowest BCUT2D eigenvalue weighted by molar-refractivity contribution is -0.142. The molecule has 0 atom stereocenters. The first kappa shape index (κ1) is 15.5. The van der Waals surface area contributed by atoms with Crippen LogP contribution in [-0.4, -0.2) is 23.1 Å². The zero-order valence-corrected chi connectivity index (χ0v) is 13.6. The van der Waals surface area contributed by atoms with E-state index in [1.807, 2.05) is 23.4 Å². The lowest BCUT2D eigenvalue weighted by atomic mass is 9.90. The molecule has 0 saturated carbocycles. The Morgan fingerprint density at radius 2 is 2.14 bits per heavy atom. The number of aliphatic carboxylic acids is 1. The number of carboxylic acid groups (broad SMARTS) is 1. The molecule has 0 aliphatic carbocycles. The number of benzene rings is 1. The van der Waals surface area contributed by atoms with Gasteiger partial charge in [-0.05, 0) is 26.3 Å². The van der Waals surface area contributed by atoms with Crippen LogP contribution in [0, 0.1) is 6.92 Å². The first-order valence-corrected chi connectivity index (χ1v) is 7.65. The Hall–Kier alpha value is -1.88. The molecule has 2 aromatic rings. The van der Waals surface area contributed by atoms with Crippen LogP contribution in [0.2, 0.25) is 0 Å². The first-order valence-electron chi connectivity index (χ1n) is 6.77. The normalized spacial score (nSPS) is 11.4. The minimum atomic E-state index is -0.959. The van der Waals surface area contributed by atoms with Gasteiger partial charge in [0.25, 0.3) is 0 Å². The zero-order valence-electron chi connectivity index (χ0n) is 12.8. The van der Waals surface area contributed by atoms with E-state index in [2.05, 4.69) is 30.1 Å². The van der Waals surface area contributed by atoms with Gasteiger partial charge >= 0.3 is 5.97 Å². The third-order valence-electron chi connectivity index (χ3n) is 3.50. The molecule has 21 heavy (non-hydrogen) atoms. The fourth-order valence-corrected chi connectivity index (χ4v) is 2.95. The Bertz CT molecular complexity index is 649. The van der Waals surface area contributed by atoms with Gasteiger partial charge in [-0.15, -0.1) is 11.3 Å². The average Bonchev–Trinajstić information content (AvgIpc) is 2.88. The van der Waals surface area contributed by atoms with Crippen LogP contribution in [0.15, 0.2) is 29.6 Å². The first-order chi connectivity index (χ1) is 9.80. The van der Waals surface area contributed by atoms with Crippen LogP contribution in [0.3, 0.4) is 0 Å². The lowest BCUT2D eigenvalue weighted by Gasteiger charge is -2.18. The maximum absolute atomic E-state index is 11.3. The van der Waals surface area contributed by atoms with Crippen molar-refractivity contribution in [2.45, 2.75) is 32.7 Å². The van der Waals surface area contributed by atoms with Gasteiger partial charge in [0.05, 0.1) is 5.69 Å². The number of carboxylic acids is 1. The predicted molar refractivity (Wildman–Crippen MR) is 86.1 cm³/mol. The summed E-state index contributed by atoms with van der Waals surface area (Å²) >= 11 is 1.48. The predicted octanol–water partition coefficient (Wildman–Crippen LogP) is 3.45. The van der Waals surface area contributed by atoms with Crippen molar-refractivity contribution < 1.29 is 9.90 Å². The number of carbonyl (C=O) groups is 1. The van der Waals surface area contributed by atoms with Crippen molar-refractivity contribution in [3.8, 4) is 0 Å². The summed E-state index contributed by atoms with van der Waals surface area (Å²) < 4.78 is 0. The van der Waals surface area contributed by atoms with E-state index in [0.717, 1.165) is 11.7 Å². The fourth-order valence-electron chi connectivity index (χ4n) is 1.99. The maximum Gasteiger partial charge on any atom is 0.315 e.